The summed E-state index contributed by atoms with van der Waals surface area (Å²) in [4.78, 5) is 18.1. The maximum atomic E-state index is 11.7. The number of carbonyl (C=O) groups is 1. The number of nitrogens with one attached hydrogen (secondary N) is 1. The van der Waals surface area contributed by atoms with Crippen LogP contribution >= 0.6 is 0 Å². The lowest BCUT2D eigenvalue weighted by atomic mass is 10.1. The van der Waals surface area contributed by atoms with Crippen LogP contribution in [0.3, 0.4) is 0 Å². The third-order valence-corrected chi connectivity index (χ3v) is 3.66. The van der Waals surface area contributed by atoms with E-state index in [9.17, 15) is 4.79 Å². The first-order chi connectivity index (χ1) is 8.20. The van der Waals surface area contributed by atoms with Gasteiger partial charge in [-0.15, -0.1) is 0 Å². The second-order valence-electron chi connectivity index (χ2n) is 4.82. The molecule has 3 aliphatic heterocycles. The molecular formula is C11H22N4O2. The number of likely N-dealkylation sites (N-methyl/N-ethyl adjacent to an activating group) is 1. The van der Waals surface area contributed by atoms with Gasteiger partial charge in [-0.1, -0.05) is 0 Å². The van der Waals surface area contributed by atoms with Gasteiger partial charge in [-0.25, -0.2) is 4.79 Å². The molecule has 2 bridgehead atoms. The van der Waals surface area contributed by atoms with Gasteiger partial charge in [-0.2, -0.15) is 0 Å². The van der Waals surface area contributed by atoms with Gasteiger partial charge in [-0.05, 0) is 0 Å². The molecule has 6 nitrogen and oxygen atoms in total. The zero-order chi connectivity index (χ0) is 12.3. The maximum Gasteiger partial charge on any atom is 0.317 e. The van der Waals surface area contributed by atoms with Crippen LogP contribution in [0, 0.1) is 0 Å². The minimum Gasteiger partial charge on any atom is -0.395 e. The molecule has 0 aromatic carbocycles. The van der Waals surface area contributed by atoms with Crippen LogP contribution in [0.2, 0.25) is 0 Å². The Kier molecular flexibility index (Phi) is 4.20. The Bertz CT molecular complexity index is 266. The first-order valence-electron chi connectivity index (χ1n) is 6.27. The summed E-state index contributed by atoms with van der Waals surface area (Å²) in [6, 6.07) is 0.348. The van der Waals surface area contributed by atoms with E-state index >= 15 is 0 Å². The van der Waals surface area contributed by atoms with E-state index in [1.165, 1.54) is 4.90 Å². The van der Waals surface area contributed by atoms with Crippen molar-refractivity contribution in [3.05, 3.63) is 0 Å². The van der Waals surface area contributed by atoms with Gasteiger partial charge < -0.3 is 15.3 Å². The lowest BCUT2D eigenvalue weighted by molar-refractivity contribution is 0.0144. The van der Waals surface area contributed by atoms with Gasteiger partial charge in [0.2, 0.25) is 0 Å². The van der Waals surface area contributed by atoms with E-state index < -0.39 is 0 Å². The third-order valence-electron chi connectivity index (χ3n) is 3.66. The predicted octanol–water partition coefficient (Wildman–Crippen LogP) is -1.38. The van der Waals surface area contributed by atoms with Crippen LogP contribution in [0.15, 0.2) is 0 Å². The molecule has 0 spiro atoms. The van der Waals surface area contributed by atoms with Crippen molar-refractivity contribution in [1.29, 1.82) is 0 Å². The van der Waals surface area contributed by atoms with Crippen LogP contribution in [0.25, 0.3) is 0 Å². The van der Waals surface area contributed by atoms with Gasteiger partial charge in [0.15, 0.2) is 0 Å². The van der Waals surface area contributed by atoms with Crippen LogP contribution < -0.4 is 5.32 Å². The van der Waals surface area contributed by atoms with Crippen LogP contribution in [-0.2, 0) is 0 Å². The highest BCUT2D eigenvalue weighted by Crippen LogP contribution is 2.14. The molecule has 0 aliphatic carbocycles. The molecule has 3 rings (SSSR count). The largest absolute Gasteiger partial charge is 0.395 e. The minimum absolute atomic E-state index is 0.00719. The SMILES string of the molecule is CN(CCO)C(=O)NCC1CN2CCN1CC2. The lowest BCUT2D eigenvalue weighted by Gasteiger charge is -2.47. The van der Waals surface area contributed by atoms with E-state index in [0.29, 0.717) is 19.1 Å². The van der Waals surface area contributed by atoms with E-state index in [1.807, 2.05) is 0 Å². The number of carbonyl (C=O) groups excluding carboxylic acids is 1. The molecule has 3 aliphatic rings. The molecule has 1 atom stereocenters. The number of fused-ring (bicyclic) bond motifs is 3. The Balaban J connectivity index is 1.73. The van der Waals surface area contributed by atoms with E-state index in [4.69, 9.17) is 5.11 Å². The summed E-state index contributed by atoms with van der Waals surface area (Å²) < 4.78 is 0. The quantitative estimate of drug-likeness (QED) is 0.638. The van der Waals surface area contributed by atoms with E-state index in [-0.39, 0.29) is 12.6 Å². The fraction of sp³-hybridized carbons (Fsp3) is 0.909. The normalized spacial score (nSPS) is 31.3. The number of hydrogen-bond acceptors (Lipinski definition) is 4. The number of nitrogens with zero attached hydrogens (tertiary/aromatic N) is 3. The lowest BCUT2D eigenvalue weighted by Crippen LogP contribution is -2.63. The molecule has 3 saturated heterocycles. The topological polar surface area (TPSA) is 59.1 Å². The number of aliphatic hydroxyl groups excluding tert-OH is 1. The van der Waals surface area contributed by atoms with Crippen LogP contribution in [0.4, 0.5) is 4.79 Å². The van der Waals surface area contributed by atoms with Crippen molar-refractivity contribution in [3.63, 3.8) is 0 Å². The van der Waals surface area contributed by atoms with E-state index in [1.54, 1.807) is 7.05 Å². The minimum atomic E-state index is -0.100. The zero-order valence-electron chi connectivity index (χ0n) is 10.4. The fourth-order valence-corrected chi connectivity index (χ4v) is 2.51. The first kappa shape index (κ1) is 12.6. The molecule has 0 aromatic rings. The van der Waals surface area contributed by atoms with Crippen LogP contribution in [-0.4, -0.2) is 91.3 Å². The highest BCUT2D eigenvalue weighted by atomic mass is 16.3. The van der Waals surface area contributed by atoms with E-state index in [2.05, 4.69) is 15.1 Å². The van der Waals surface area contributed by atoms with Crippen molar-refractivity contribution in [2.45, 2.75) is 6.04 Å². The molecule has 0 saturated carbocycles. The van der Waals surface area contributed by atoms with Gasteiger partial charge in [-0.3, -0.25) is 9.80 Å². The van der Waals surface area contributed by atoms with Crippen LogP contribution in [0.1, 0.15) is 0 Å². The summed E-state index contributed by atoms with van der Waals surface area (Å²) in [5.74, 6) is 0. The standard InChI is InChI=1S/C11H22N4O2/c1-13(6-7-16)11(17)12-8-10-9-14-2-4-15(10)5-3-14/h10,16H,2-9H2,1H3,(H,12,17). The molecule has 2 N–H and O–H groups in total. The summed E-state index contributed by atoms with van der Waals surface area (Å²) in [7, 11) is 1.70. The molecular weight excluding hydrogens is 220 g/mol. The average molecular weight is 242 g/mol. The summed E-state index contributed by atoms with van der Waals surface area (Å²) in [5, 5.41) is 11.7. The fourth-order valence-electron chi connectivity index (χ4n) is 2.51. The molecule has 2 amide bonds. The number of rotatable bonds is 4. The van der Waals surface area contributed by atoms with Crippen LogP contribution in [0.5, 0.6) is 0 Å². The molecule has 0 aromatic heterocycles. The summed E-state index contributed by atoms with van der Waals surface area (Å²) >= 11 is 0. The van der Waals surface area contributed by atoms with Crippen molar-refractivity contribution < 1.29 is 9.90 Å². The monoisotopic (exact) mass is 242 g/mol. The molecule has 0 radical (unpaired) electrons. The maximum absolute atomic E-state index is 11.7. The van der Waals surface area contributed by atoms with Gasteiger partial charge >= 0.3 is 6.03 Å². The molecule has 17 heavy (non-hydrogen) atoms. The predicted molar refractivity (Wildman–Crippen MR) is 64.9 cm³/mol. The number of piperazine rings is 3. The van der Waals surface area contributed by atoms with E-state index in [0.717, 1.165) is 32.7 Å². The molecule has 98 valence electrons. The Morgan fingerprint density at radius 3 is 2.65 bits per heavy atom. The Labute approximate surface area is 102 Å². The number of hydrogen-bond donors (Lipinski definition) is 2. The number of urea groups is 1. The molecule has 3 heterocycles. The van der Waals surface area contributed by atoms with Gasteiger partial charge in [0.05, 0.1) is 6.61 Å². The smallest absolute Gasteiger partial charge is 0.317 e. The second-order valence-corrected chi connectivity index (χ2v) is 4.82. The number of amides is 2. The van der Waals surface area contributed by atoms with Gasteiger partial charge in [0.1, 0.15) is 0 Å². The van der Waals surface area contributed by atoms with Crippen molar-refractivity contribution in [2.24, 2.45) is 0 Å². The summed E-state index contributed by atoms with van der Waals surface area (Å²) in [6.45, 7) is 6.71. The molecule has 1 unspecified atom stereocenters. The Hall–Kier alpha value is -0.850. The molecule has 3 fully saturated rings. The average Bonchev–Trinajstić information content (AvgIpc) is 2.37. The third kappa shape index (κ3) is 3.08. The Morgan fingerprint density at radius 2 is 2.12 bits per heavy atom. The molecule has 6 heteroatoms. The van der Waals surface area contributed by atoms with Crippen molar-refractivity contribution >= 4 is 6.03 Å². The van der Waals surface area contributed by atoms with Crippen molar-refractivity contribution in [1.82, 2.24) is 20.0 Å². The summed E-state index contributed by atoms with van der Waals surface area (Å²) in [6.07, 6.45) is 0. The second kappa shape index (κ2) is 5.66. The van der Waals surface area contributed by atoms with Crippen molar-refractivity contribution in [2.75, 3.05) is 59.5 Å². The first-order valence-corrected chi connectivity index (χ1v) is 6.27. The zero-order valence-corrected chi connectivity index (χ0v) is 10.4. The summed E-state index contributed by atoms with van der Waals surface area (Å²) in [5.41, 5.74) is 0. The highest BCUT2D eigenvalue weighted by Gasteiger charge is 2.31. The Morgan fingerprint density at radius 1 is 1.41 bits per heavy atom. The van der Waals surface area contributed by atoms with Gasteiger partial charge in [0.25, 0.3) is 0 Å². The van der Waals surface area contributed by atoms with Gasteiger partial charge in [0, 0.05) is 58.9 Å². The highest BCUT2D eigenvalue weighted by molar-refractivity contribution is 5.73. The number of aliphatic hydroxyl groups is 1. The van der Waals surface area contributed by atoms with Crippen molar-refractivity contribution in [3.8, 4) is 0 Å².